The SMILES string of the molecule is O=C(O)C(O)(NO)c1ccccc1. The number of hydrogen-bond donors (Lipinski definition) is 4. The minimum absolute atomic E-state index is 0.0602. The molecule has 1 atom stereocenters. The lowest BCUT2D eigenvalue weighted by atomic mass is 10.0. The standard InChI is InChI=1S/C8H9NO4/c10-7(11)8(12,9-13)6-4-2-1-3-5-6/h1-5,9,12-13H,(H,10,11). The van der Waals surface area contributed by atoms with Gasteiger partial charge in [0.15, 0.2) is 0 Å². The summed E-state index contributed by atoms with van der Waals surface area (Å²) >= 11 is 0. The van der Waals surface area contributed by atoms with E-state index in [-0.39, 0.29) is 5.56 Å². The zero-order valence-electron chi connectivity index (χ0n) is 6.64. The van der Waals surface area contributed by atoms with E-state index in [1.807, 2.05) is 0 Å². The number of aliphatic carboxylic acids is 1. The van der Waals surface area contributed by atoms with Gasteiger partial charge in [-0.1, -0.05) is 30.3 Å². The molecule has 0 bridgehead atoms. The molecule has 0 saturated heterocycles. The molecule has 0 aliphatic heterocycles. The highest BCUT2D eigenvalue weighted by molar-refractivity contribution is 5.78. The van der Waals surface area contributed by atoms with Crippen molar-refractivity contribution < 1.29 is 20.2 Å². The molecular weight excluding hydrogens is 174 g/mol. The van der Waals surface area contributed by atoms with Gasteiger partial charge in [0, 0.05) is 5.56 Å². The van der Waals surface area contributed by atoms with Gasteiger partial charge in [0.2, 0.25) is 0 Å². The Labute approximate surface area is 74.2 Å². The number of hydroxylamine groups is 1. The van der Waals surface area contributed by atoms with Crippen LogP contribution in [0.2, 0.25) is 0 Å². The second-order valence-electron chi connectivity index (χ2n) is 2.49. The Balaban J connectivity index is 3.11. The molecule has 0 aliphatic carbocycles. The van der Waals surface area contributed by atoms with Gasteiger partial charge in [0.05, 0.1) is 0 Å². The van der Waals surface area contributed by atoms with Crippen molar-refractivity contribution in [2.24, 2.45) is 0 Å². The average Bonchev–Trinajstić information content (AvgIpc) is 2.17. The summed E-state index contributed by atoms with van der Waals surface area (Å²) in [7, 11) is 0. The molecule has 5 nitrogen and oxygen atoms in total. The van der Waals surface area contributed by atoms with Crippen LogP contribution in [0, 0.1) is 0 Å². The Hall–Kier alpha value is -1.43. The maximum atomic E-state index is 10.6. The number of rotatable bonds is 3. The summed E-state index contributed by atoms with van der Waals surface area (Å²) in [6.45, 7) is 0. The second kappa shape index (κ2) is 3.53. The van der Waals surface area contributed by atoms with Gasteiger partial charge in [-0.15, -0.1) is 0 Å². The van der Waals surface area contributed by atoms with Gasteiger partial charge < -0.3 is 15.4 Å². The fraction of sp³-hybridized carbons (Fsp3) is 0.125. The second-order valence-corrected chi connectivity index (χ2v) is 2.49. The van der Waals surface area contributed by atoms with Crippen LogP contribution in [0.25, 0.3) is 0 Å². The third-order valence-electron chi connectivity index (χ3n) is 1.66. The highest BCUT2D eigenvalue weighted by Crippen LogP contribution is 2.16. The predicted octanol–water partition coefficient (Wildman–Crippen LogP) is -0.105. The Bertz CT molecular complexity index is 300. The van der Waals surface area contributed by atoms with Gasteiger partial charge in [0.1, 0.15) is 0 Å². The number of hydrogen-bond acceptors (Lipinski definition) is 4. The molecule has 0 spiro atoms. The topological polar surface area (TPSA) is 89.8 Å². The minimum Gasteiger partial charge on any atom is -0.478 e. The summed E-state index contributed by atoms with van der Waals surface area (Å²) in [4.78, 5) is 10.6. The van der Waals surface area contributed by atoms with E-state index in [9.17, 15) is 9.90 Å². The minimum atomic E-state index is -2.44. The largest absolute Gasteiger partial charge is 0.478 e. The lowest BCUT2D eigenvalue weighted by Gasteiger charge is -2.21. The van der Waals surface area contributed by atoms with E-state index < -0.39 is 11.7 Å². The van der Waals surface area contributed by atoms with Crippen LogP contribution in [-0.4, -0.2) is 21.4 Å². The van der Waals surface area contributed by atoms with Crippen LogP contribution in [-0.2, 0) is 10.5 Å². The van der Waals surface area contributed by atoms with Crippen molar-refractivity contribution in [2.45, 2.75) is 5.72 Å². The van der Waals surface area contributed by atoms with Crippen LogP contribution in [0.1, 0.15) is 5.56 Å². The van der Waals surface area contributed by atoms with E-state index in [4.69, 9.17) is 10.3 Å². The van der Waals surface area contributed by atoms with Crippen LogP contribution in [0.5, 0.6) is 0 Å². The predicted molar refractivity (Wildman–Crippen MR) is 42.9 cm³/mol. The van der Waals surface area contributed by atoms with E-state index >= 15 is 0 Å². The van der Waals surface area contributed by atoms with Crippen molar-refractivity contribution in [1.29, 1.82) is 0 Å². The normalized spacial score (nSPS) is 14.9. The summed E-state index contributed by atoms with van der Waals surface area (Å²) in [5.74, 6) is -1.57. The molecule has 1 unspecified atom stereocenters. The van der Waals surface area contributed by atoms with E-state index in [1.165, 1.54) is 17.6 Å². The molecule has 1 rings (SSSR count). The Morgan fingerprint density at radius 3 is 2.23 bits per heavy atom. The zero-order chi connectivity index (χ0) is 9.90. The molecule has 1 aromatic carbocycles. The summed E-state index contributed by atoms with van der Waals surface area (Å²) in [5, 5.41) is 26.5. The number of benzene rings is 1. The first-order valence-corrected chi connectivity index (χ1v) is 3.54. The molecule has 0 fully saturated rings. The molecule has 13 heavy (non-hydrogen) atoms. The first kappa shape index (κ1) is 9.66. The molecule has 0 aromatic heterocycles. The van der Waals surface area contributed by atoms with Crippen LogP contribution >= 0.6 is 0 Å². The van der Waals surface area contributed by atoms with Crippen LogP contribution in [0.4, 0.5) is 0 Å². The van der Waals surface area contributed by atoms with E-state index in [0.29, 0.717) is 0 Å². The monoisotopic (exact) mass is 183 g/mol. The molecule has 0 saturated carbocycles. The van der Waals surface area contributed by atoms with Crippen molar-refractivity contribution in [3.63, 3.8) is 0 Å². The molecule has 0 radical (unpaired) electrons. The molecule has 0 aliphatic rings. The molecule has 0 amide bonds. The smallest absolute Gasteiger partial charge is 0.358 e. The number of aliphatic hydroxyl groups is 1. The van der Waals surface area contributed by atoms with E-state index in [2.05, 4.69) is 0 Å². The Morgan fingerprint density at radius 1 is 1.31 bits per heavy atom. The Morgan fingerprint density at radius 2 is 1.85 bits per heavy atom. The van der Waals surface area contributed by atoms with Crippen molar-refractivity contribution in [3.8, 4) is 0 Å². The lowest BCUT2D eigenvalue weighted by molar-refractivity contribution is -0.179. The summed E-state index contributed by atoms with van der Waals surface area (Å²) in [6.07, 6.45) is 0. The van der Waals surface area contributed by atoms with Gasteiger partial charge in [-0.2, -0.15) is 5.48 Å². The van der Waals surface area contributed by atoms with Crippen LogP contribution in [0.15, 0.2) is 30.3 Å². The number of carbonyl (C=O) groups is 1. The average molecular weight is 183 g/mol. The fourth-order valence-electron chi connectivity index (χ4n) is 0.915. The number of carboxylic acid groups (broad SMARTS) is 1. The van der Waals surface area contributed by atoms with Crippen molar-refractivity contribution in [1.82, 2.24) is 5.48 Å². The highest BCUT2D eigenvalue weighted by atomic mass is 16.5. The molecule has 0 heterocycles. The molecular formula is C8H9NO4. The van der Waals surface area contributed by atoms with Crippen molar-refractivity contribution in [3.05, 3.63) is 35.9 Å². The molecule has 5 heteroatoms. The summed E-state index contributed by atoms with van der Waals surface area (Å²) < 4.78 is 0. The first-order chi connectivity index (χ1) is 6.11. The maximum Gasteiger partial charge on any atom is 0.358 e. The number of nitrogens with one attached hydrogen (secondary N) is 1. The van der Waals surface area contributed by atoms with Crippen LogP contribution < -0.4 is 5.48 Å². The Kier molecular flexibility index (Phi) is 2.62. The van der Waals surface area contributed by atoms with Gasteiger partial charge in [0.25, 0.3) is 5.72 Å². The van der Waals surface area contributed by atoms with Crippen LogP contribution in [0.3, 0.4) is 0 Å². The van der Waals surface area contributed by atoms with E-state index in [0.717, 1.165) is 0 Å². The molecule has 4 N–H and O–H groups in total. The highest BCUT2D eigenvalue weighted by Gasteiger charge is 2.37. The molecule has 1 aromatic rings. The first-order valence-electron chi connectivity index (χ1n) is 3.54. The van der Waals surface area contributed by atoms with Gasteiger partial charge in [-0.25, -0.2) is 4.79 Å². The van der Waals surface area contributed by atoms with E-state index in [1.54, 1.807) is 18.2 Å². The van der Waals surface area contributed by atoms with Gasteiger partial charge in [-0.05, 0) is 0 Å². The van der Waals surface area contributed by atoms with Gasteiger partial charge >= 0.3 is 5.97 Å². The zero-order valence-corrected chi connectivity index (χ0v) is 6.64. The summed E-state index contributed by atoms with van der Waals surface area (Å²) in [5.41, 5.74) is -1.03. The number of carboxylic acids is 1. The fourth-order valence-corrected chi connectivity index (χ4v) is 0.915. The maximum absolute atomic E-state index is 10.6. The third-order valence-corrected chi connectivity index (χ3v) is 1.66. The van der Waals surface area contributed by atoms with Gasteiger partial charge in [-0.3, -0.25) is 0 Å². The van der Waals surface area contributed by atoms with Crippen molar-refractivity contribution >= 4 is 5.97 Å². The summed E-state index contributed by atoms with van der Waals surface area (Å²) in [6, 6.07) is 7.55. The van der Waals surface area contributed by atoms with Crippen molar-refractivity contribution in [2.75, 3.05) is 0 Å². The quantitative estimate of drug-likeness (QED) is 0.388. The third kappa shape index (κ3) is 1.67. The molecule has 70 valence electrons. The lowest BCUT2D eigenvalue weighted by Crippen LogP contribution is -2.47.